The first kappa shape index (κ1) is 20.8. The Bertz CT molecular complexity index is 1090. The lowest BCUT2D eigenvalue weighted by atomic mass is 9.93. The fourth-order valence-corrected chi connectivity index (χ4v) is 4.74. The summed E-state index contributed by atoms with van der Waals surface area (Å²) in [5.41, 5.74) is 4.57. The molecule has 1 aromatic carbocycles. The van der Waals surface area contributed by atoms with Gasteiger partial charge in [-0.05, 0) is 57.8 Å². The van der Waals surface area contributed by atoms with Crippen LogP contribution in [-0.2, 0) is 6.42 Å². The van der Waals surface area contributed by atoms with Crippen molar-refractivity contribution in [2.24, 2.45) is 0 Å². The van der Waals surface area contributed by atoms with E-state index in [4.69, 9.17) is 14.6 Å². The van der Waals surface area contributed by atoms with Crippen LogP contribution in [0.25, 0.3) is 11.1 Å². The largest absolute Gasteiger partial charge is 0.481 e. The van der Waals surface area contributed by atoms with Crippen molar-refractivity contribution in [1.82, 2.24) is 20.1 Å². The highest BCUT2D eigenvalue weighted by Gasteiger charge is 2.27. The van der Waals surface area contributed by atoms with E-state index in [9.17, 15) is 0 Å². The van der Waals surface area contributed by atoms with Crippen molar-refractivity contribution >= 4 is 5.69 Å². The minimum absolute atomic E-state index is 0.444. The third-order valence-electron chi connectivity index (χ3n) is 6.80. The van der Waals surface area contributed by atoms with Crippen LogP contribution in [0.2, 0.25) is 0 Å². The van der Waals surface area contributed by atoms with Gasteiger partial charge in [0.05, 0.1) is 19.3 Å². The van der Waals surface area contributed by atoms with Gasteiger partial charge in [0.2, 0.25) is 11.8 Å². The number of fused-ring (bicyclic) bond motifs is 1. The molecule has 1 fully saturated rings. The molecule has 32 heavy (non-hydrogen) atoms. The molecule has 7 heteroatoms. The van der Waals surface area contributed by atoms with Crippen molar-refractivity contribution in [3.8, 4) is 28.6 Å². The molecule has 0 aliphatic carbocycles. The molecule has 5 rings (SSSR count). The van der Waals surface area contributed by atoms with Crippen molar-refractivity contribution in [1.29, 1.82) is 0 Å². The Morgan fingerprint density at radius 1 is 1.06 bits per heavy atom. The van der Waals surface area contributed by atoms with E-state index in [-0.39, 0.29) is 0 Å². The first-order valence-electron chi connectivity index (χ1n) is 11.5. The van der Waals surface area contributed by atoms with Crippen LogP contribution in [0.3, 0.4) is 0 Å². The van der Waals surface area contributed by atoms with Crippen molar-refractivity contribution < 1.29 is 9.47 Å². The third-order valence-corrected chi connectivity index (χ3v) is 6.80. The smallest absolute Gasteiger partial charge is 0.222 e. The molecular formula is C25H31N5O2. The van der Waals surface area contributed by atoms with Crippen molar-refractivity contribution in [2.75, 3.05) is 32.1 Å². The summed E-state index contributed by atoms with van der Waals surface area (Å²) in [5.74, 6) is 1.94. The molecule has 4 heterocycles. The van der Waals surface area contributed by atoms with E-state index in [0.717, 1.165) is 55.6 Å². The Kier molecular flexibility index (Phi) is 5.74. The molecule has 1 atom stereocenters. The van der Waals surface area contributed by atoms with E-state index >= 15 is 0 Å². The minimum Gasteiger partial charge on any atom is -0.481 e. The molecule has 2 aromatic heterocycles. The maximum atomic E-state index is 6.48. The van der Waals surface area contributed by atoms with E-state index in [1.54, 1.807) is 7.11 Å². The Morgan fingerprint density at radius 2 is 1.88 bits per heavy atom. The van der Waals surface area contributed by atoms with Gasteiger partial charge in [0.15, 0.2) is 0 Å². The quantitative estimate of drug-likeness (QED) is 0.642. The number of ether oxygens (including phenoxy) is 2. The average Bonchev–Trinajstić information content (AvgIpc) is 3.32. The van der Waals surface area contributed by atoms with Crippen LogP contribution in [-0.4, -0.2) is 48.1 Å². The van der Waals surface area contributed by atoms with Gasteiger partial charge in [-0.15, -0.1) is 0 Å². The molecule has 1 N–H and O–H groups in total. The number of benzene rings is 1. The topological polar surface area (TPSA) is 64.4 Å². The minimum atomic E-state index is 0.444. The number of anilines is 1. The Hall–Kier alpha value is -3.06. The maximum Gasteiger partial charge on any atom is 0.222 e. The van der Waals surface area contributed by atoms with Crippen LogP contribution in [0.4, 0.5) is 5.69 Å². The SMILES string of the molecule is COc1cccc(Oc2c(-c3cnn(C4CCNCC4)c3)ccc3c2CCC(C)N3C)n1. The van der Waals surface area contributed by atoms with Crippen LogP contribution in [0, 0.1) is 0 Å². The monoisotopic (exact) mass is 433 g/mol. The van der Waals surface area contributed by atoms with Gasteiger partial charge in [-0.25, -0.2) is 0 Å². The lowest BCUT2D eigenvalue weighted by Crippen LogP contribution is -2.33. The molecule has 1 unspecified atom stereocenters. The number of hydrogen-bond donors (Lipinski definition) is 1. The lowest BCUT2D eigenvalue weighted by Gasteiger charge is -2.35. The second kappa shape index (κ2) is 8.82. The second-order valence-electron chi connectivity index (χ2n) is 8.75. The molecule has 3 aromatic rings. The predicted octanol–water partition coefficient (Wildman–Crippen LogP) is 4.44. The zero-order chi connectivity index (χ0) is 22.1. The lowest BCUT2D eigenvalue weighted by molar-refractivity contribution is 0.343. The summed E-state index contributed by atoms with van der Waals surface area (Å²) in [6, 6.07) is 10.9. The molecule has 1 saturated heterocycles. The number of aromatic nitrogens is 3. The summed E-state index contributed by atoms with van der Waals surface area (Å²) in [6.45, 7) is 4.35. The van der Waals surface area contributed by atoms with Gasteiger partial charge < -0.3 is 19.7 Å². The van der Waals surface area contributed by atoms with E-state index in [0.29, 0.717) is 23.8 Å². The number of rotatable bonds is 5. The zero-order valence-corrected chi connectivity index (χ0v) is 19.0. The van der Waals surface area contributed by atoms with Crippen molar-refractivity contribution in [3.63, 3.8) is 0 Å². The van der Waals surface area contributed by atoms with Crippen LogP contribution in [0.1, 0.15) is 37.8 Å². The highest BCUT2D eigenvalue weighted by Crippen LogP contribution is 2.44. The summed E-state index contributed by atoms with van der Waals surface area (Å²) in [4.78, 5) is 6.84. The van der Waals surface area contributed by atoms with Crippen LogP contribution in [0.15, 0.2) is 42.7 Å². The van der Waals surface area contributed by atoms with Crippen LogP contribution < -0.4 is 19.7 Å². The predicted molar refractivity (Wildman–Crippen MR) is 126 cm³/mol. The molecular weight excluding hydrogens is 402 g/mol. The van der Waals surface area contributed by atoms with Crippen molar-refractivity contribution in [2.45, 2.75) is 44.7 Å². The number of nitrogens with zero attached hydrogens (tertiary/aromatic N) is 4. The van der Waals surface area contributed by atoms with Gasteiger partial charge >= 0.3 is 0 Å². The molecule has 0 amide bonds. The van der Waals surface area contributed by atoms with E-state index in [1.165, 1.54) is 11.3 Å². The molecule has 2 aliphatic rings. The number of methoxy groups -OCH3 is 1. The Morgan fingerprint density at radius 3 is 2.69 bits per heavy atom. The van der Waals surface area contributed by atoms with E-state index < -0.39 is 0 Å². The maximum absolute atomic E-state index is 6.48. The number of piperidine rings is 1. The highest BCUT2D eigenvalue weighted by atomic mass is 16.5. The molecule has 0 bridgehead atoms. The van der Waals surface area contributed by atoms with Gasteiger partial charge in [0.1, 0.15) is 5.75 Å². The molecule has 2 aliphatic heterocycles. The summed E-state index contributed by atoms with van der Waals surface area (Å²) in [5, 5.41) is 8.15. The molecule has 0 radical (unpaired) electrons. The highest BCUT2D eigenvalue weighted by molar-refractivity contribution is 5.77. The number of nitrogens with one attached hydrogen (secondary N) is 1. The Labute approximate surface area is 189 Å². The average molecular weight is 434 g/mol. The molecule has 168 valence electrons. The zero-order valence-electron chi connectivity index (χ0n) is 19.0. The van der Waals surface area contributed by atoms with Gasteiger partial charge in [-0.2, -0.15) is 10.1 Å². The number of hydrogen-bond acceptors (Lipinski definition) is 6. The summed E-state index contributed by atoms with van der Waals surface area (Å²) >= 11 is 0. The van der Waals surface area contributed by atoms with Crippen molar-refractivity contribution in [3.05, 3.63) is 48.3 Å². The summed E-state index contributed by atoms with van der Waals surface area (Å²) < 4.78 is 13.9. The summed E-state index contributed by atoms with van der Waals surface area (Å²) in [7, 11) is 3.78. The first-order chi connectivity index (χ1) is 15.6. The second-order valence-corrected chi connectivity index (χ2v) is 8.75. The van der Waals surface area contributed by atoms with Gasteiger partial charge in [-0.1, -0.05) is 6.07 Å². The fourth-order valence-electron chi connectivity index (χ4n) is 4.74. The third kappa shape index (κ3) is 3.93. The van der Waals surface area contributed by atoms with Gasteiger partial charge in [0.25, 0.3) is 0 Å². The standard InChI is InChI=1S/C25H31N5O2/c1-17-7-8-21-22(29(17)2)10-9-20(25(21)32-24-6-4-5-23(28-24)31-3)18-15-27-30(16-18)19-11-13-26-14-12-19/h4-6,9-10,15-17,19,26H,7-8,11-14H2,1-3H3. The first-order valence-corrected chi connectivity index (χ1v) is 11.5. The molecule has 0 saturated carbocycles. The Balaban J connectivity index is 1.57. The van der Waals surface area contributed by atoms with E-state index in [1.807, 2.05) is 24.4 Å². The van der Waals surface area contributed by atoms with Crippen LogP contribution in [0.5, 0.6) is 17.5 Å². The molecule has 0 spiro atoms. The normalized spacial score (nSPS) is 19.0. The number of pyridine rings is 1. The van der Waals surface area contributed by atoms with Gasteiger partial charge in [-0.3, -0.25) is 4.68 Å². The fraction of sp³-hybridized carbons (Fsp3) is 0.440. The molecule has 7 nitrogen and oxygen atoms in total. The summed E-state index contributed by atoms with van der Waals surface area (Å²) in [6.07, 6.45) is 8.39. The van der Waals surface area contributed by atoms with Gasteiger partial charge in [0, 0.05) is 53.8 Å². The van der Waals surface area contributed by atoms with Crippen LogP contribution >= 0.6 is 0 Å². The van der Waals surface area contributed by atoms with E-state index in [2.05, 4.69) is 52.2 Å².